The molecule has 0 saturated heterocycles. The van der Waals surface area contributed by atoms with Crippen LogP contribution in [0.1, 0.15) is 20.0 Å². The minimum absolute atomic E-state index is 0.110. The SMILES string of the molecule is O=C(O)c1ccc(NC(=O)c2sc(-c3cccnc3)nc2Cl)cc1. The first-order valence-corrected chi connectivity index (χ1v) is 7.95. The molecule has 120 valence electrons. The predicted octanol–water partition coefficient (Wildman–Crippen LogP) is 3.81. The lowest BCUT2D eigenvalue weighted by atomic mass is 10.2. The monoisotopic (exact) mass is 359 g/mol. The first-order chi connectivity index (χ1) is 11.5. The van der Waals surface area contributed by atoms with Gasteiger partial charge in [-0.05, 0) is 36.4 Å². The summed E-state index contributed by atoms with van der Waals surface area (Å²) in [4.78, 5) is 31.6. The van der Waals surface area contributed by atoms with E-state index in [0.717, 1.165) is 16.9 Å². The van der Waals surface area contributed by atoms with Gasteiger partial charge in [-0.3, -0.25) is 9.78 Å². The van der Waals surface area contributed by atoms with Crippen molar-refractivity contribution in [2.45, 2.75) is 0 Å². The molecule has 1 aromatic carbocycles. The number of aromatic carboxylic acids is 1. The van der Waals surface area contributed by atoms with Crippen molar-refractivity contribution in [1.29, 1.82) is 0 Å². The number of nitrogens with zero attached hydrogens (tertiary/aromatic N) is 2. The third-order valence-electron chi connectivity index (χ3n) is 3.09. The van der Waals surface area contributed by atoms with Crippen LogP contribution in [-0.2, 0) is 0 Å². The molecule has 0 aliphatic heterocycles. The number of carboxylic acid groups (broad SMARTS) is 1. The Bertz CT molecular complexity index is 895. The maximum absolute atomic E-state index is 12.3. The molecule has 0 aliphatic carbocycles. The van der Waals surface area contributed by atoms with Crippen molar-refractivity contribution >= 4 is 40.5 Å². The summed E-state index contributed by atoms with van der Waals surface area (Å²) in [5.74, 6) is -1.43. The van der Waals surface area contributed by atoms with Crippen molar-refractivity contribution in [3.05, 3.63) is 64.4 Å². The molecule has 0 saturated carbocycles. The summed E-state index contributed by atoms with van der Waals surface area (Å²) < 4.78 is 0. The quantitative estimate of drug-likeness (QED) is 0.739. The average molecular weight is 360 g/mol. The Balaban J connectivity index is 1.80. The highest BCUT2D eigenvalue weighted by atomic mass is 35.5. The van der Waals surface area contributed by atoms with E-state index in [1.54, 1.807) is 18.5 Å². The van der Waals surface area contributed by atoms with Crippen LogP contribution in [0, 0.1) is 0 Å². The predicted molar refractivity (Wildman–Crippen MR) is 91.7 cm³/mol. The van der Waals surface area contributed by atoms with E-state index in [2.05, 4.69) is 15.3 Å². The van der Waals surface area contributed by atoms with Crippen molar-refractivity contribution in [2.75, 3.05) is 5.32 Å². The van der Waals surface area contributed by atoms with Gasteiger partial charge in [-0.25, -0.2) is 9.78 Å². The fourth-order valence-electron chi connectivity index (χ4n) is 1.94. The Labute approximate surface area is 145 Å². The number of rotatable bonds is 4. The van der Waals surface area contributed by atoms with Crippen LogP contribution in [0.5, 0.6) is 0 Å². The highest BCUT2D eigenvalue weighted by molar-refractivity contribution is 7.17. The topological polar surface area (TPSA) is 92.2 Å². The maximum Gasteiger partial charge on any atom is 0.335 e. The molecule has 3 aromatic rings. The summed E-state index contributed by atoms with van der Waals surface area (Å²) >= 11 is 7.22. The lowest BCUT2D eigenvalue weighted by Gasteiger charge is -2.03. The molecular formula is C16H10ClN3O3S. The van der Waals surface area contributed by atoms with E-state index in [4.69, 9.17) is 16.7 Å². The summed E-state index contributed by atoms with van der Waals surface area (Å²) in [7, 11) is 0. The second-order valence-electron chi connectivity index (χ2n) is 4.72. The number of anilines is 1. The molecule has 3 rings (SSSR count). The molecule has 0 aliphatic rings. The first-order valence-electron chi connectivity index (χ1n) is 6.76. The van der Waals surface area contributed by atoms with Gasteiger partial charge in [0.2, 0.25) is 0 Å². The zero-order valence-electron chi connectivity index (χ0n) is 12.1. The number of halogens is 1. The summed E-state index contributed by atoms with van der Waals surface area (Å²) in [5.41, 5.74) is 1.38. The van der Waals surface area contributed by atoms with Gasteiger partial charge >= 0.3 is 5.97 Å². The van der Waals surface area contributed by atoms with Gasteiger partial charge in [0, 0.05) is 23.6 Å². The minimum atomic E-state index is -1.03. The number of carboxylic acids is 1. The summed E-state index contributed by atoms with van der Waals surface area (Å²) in [6.07, 6.45) is 3.29. The van der Waals surface area contributed by atoms with Crippen LogP contribution in [-0.4, -0.2) is 27.0 Å². The fraction of sp³-hybridized carbons (Fsp3) is 0. The Morgan fingerprint density at radius 3 is 2.54 bits per heavy atom. The lowest BCUT2D eigenvalue weighted by molar-refractivity contribution is 0.0696. The molecule has 0 spiro atoms. The van der Waals surface area contributed by atoms with E-state index in [0.29, 0.717) is 10.7 Å². The van der Waals surface area contributed by atoms with Gasteiger partial charge in [0.1, 0.15) is 9.88 Å². The number of aromatic nitrogens is 2. The van der Waals surface area contributed by atoms with Crippen LogP contribution >= 0.6 is 22.9 Å². The van der Waals surface area contributed by atoms with Crippen LogP contribution in [0.2, 0.25) is 5.15 Å². The number of carbonyl (C=O) groups is 2. The molecule has 2 N–H and O–H groups in total. The second kappa shape index (κ2) is 6.77. The van der Waals surface area contributed by atoms with Gasteiger partial charge in [-0.2, -0.15) is 0 Å². The summed E-state index contributed by atoms with van der Waals surface area (Å²) in [5, 5.41) is 12.2. The number of pyridine rings is 1. The molecule has 2 heterocycles. The summed E-state index contributed by atoms with van der Waals surface area (Å²) in [6.45, 7) is 0. The van der Waals surface area contributed by atoms with Crippen LogP contribution in [0.3, 0.4) is 0 Å². The number of carbonyl (C=O) groups excluding carboxylic acids is 1. The van der Waals surface area contributed by atoms with Gasteiger partial charge in [0.05, 0.1) is 5.56 Å². The number of thiazole rings is 1. The number of benzene rings is 1. The van der Waals surface area contributed by atoms with E-state index in [9.17, 15) is 9.59 Å². The average Bonchev–Trinajstić information content (AvgIpc) is 2.98. The van der Waals surface area contributed by atoms with E-state index >= 15 is 0 Å². The Kier molecular flexibility index (Phi) is 4.54. The third kappa shape index (κ3) is 3.42. The molecule has 6 nitrogen and oxygen atoms in total. The maximum atomic E-state index is 12.3. The standard InChI is InChI=1S/C16H10ClN3O3S/c17-13-12(24-15(20-13)10-2-1-7-18-8-10)14(21)19-11-5-3-9(4-6-11)16(22)23/h1-8H,(H,19,21)(H,22,23). The molecule has 1 amide bonds. The normalized spacial score (nSPS) is 10.4. The molecule has 0 unspecified atom stereocenters. The van der Waals surface area contributed by atoms with Gasteiger partial charge < -0.3 is 10.4 Å². The van der Waals surface area contributed by atoms with Crippen molar-refractivity contribution < 1.29 is 14.7 Å². The van der Waals surface area contributed by atoms with Crippen molar-refractivity contribution in [3.8, 4) is 10.6 Å². The zero-order valence-corrected chi connectivity index (χ0v) is 13.6. The minimum Gasteiger partial charge on any atom is -0.478 e. The number of nitrogens with one attached hydrogen (secondary N) is 1. The lowest BCUT2D eigenvalue weighted by Crippen LogP contribution is -2.10. The third-order valence-corrected chi connectivity index (χ3v) is 4.58. The van der Waals surface area contributed by atoms with Gasteiger partial charge in [-0.1, -0.05) is 11.6 Å². The first kappa shape index (κ1) is 16.1. The molecule has 0 bridgehead atoms. The van der Waals surface area contributed by atoms with Crippen molar-refractivity contribution in [1.82, 2.24) is 9.97 Å². The van der Waals surface area contributed by atoms with Crippen molar-refractivity contribution in [2.24, 2.45) is 0 Å². The second-order valence-corrected chi connectivity index (χ2v) is 6.07. The molecule has 0 radical (unpaired) electrons. The van der Waals surface area contributed by atoms with Crippen LogP contribution in [0.15, 0.2) is 48.8 Å². The molecule has 24 heavy (non-hydrogen) atoms. The van der Waals surface area contributed by atoms with Crippen molar-refractivity contribution in [3.63, 3.8) is 0 Å². The Morgan fingerprint density at radius 2 is 1.92 bits per heavy atom. The Hall–Kier alpha value is -2.77. The van der Waals surface area contributed by atoms with Gasteiger partial charge in [-0.15, -0.1) is 11.3 Å². The van der Waals surface area contributed by atoms with Crippen LogP contribution < -0.4 is 5.32 Å². The van der Waals surface area contributed by atoms with E-state index in [-0.39, 0.29) is 15.6 Å². The molecule has 8 heteroatoms. The molecule has 0 fully saturated rings. The van der Waals surface area contributed by atoms with E-state index in [1.807, 2.05) is 6.07 Å². The number of amides is 1. The largest absolute Gasteiger partial charge is 0.478 e. The number of hydrogen-bond acceptors (Lipinski definition) is 5. The van der Waals surface area contributed by atoms with Crippen LogP contribution in [0.25, 0.3) is 10.6 Å². The number of hydrogen-bond donors (Lipinski definition) is 2. The van der Waals surface area contributed by atoms with Gasteiger partial charge in [0.15, 0.2) is 5.15 Å². The zero-order chi connectivity index (χ0) is 17.1. The molecule has 0 atom stereocenters. The molecule has 2 aromatic heterocycles. The Morgan fingerprint density at radius 1 is 1.17 bits per heavy atom. The van der Waals surface area contributed by atoms with E-state index in [1.165, 1.54) is 24.3 Å². The highest BCUT2D eigenvalue weighted by Crippen LogP contribution is 2.31. The highest BCUT2D eigenvalue weighted by Gasteiger charge is 2.18. The summed E-state index contributed by atoms with van der Waals surface area (Å²) in [6, 6.07) is 9.44. The van der Waals surface area contributed by atoms with Gasteiger partial charge in [0.25, 0.3) is 5.91 Å². The molecular weight excluding hydrogens is 350 g/mol. The van der Waals surface area contributed by atoms with Crippen LogP contribution in [0.4, 0.5) is 5.69 Å². The fourth-order valence-corrected chi connectivity index (χ4v) is 3.12. The smallest absolute Gasteiger partial charge is 0.335 e. The van der Waals surface area contributed by atoms with E-state index < -0.39 is 11.9 Å².